The first-order chi connectivity index (χ1) is 7.65. The Morgan fingerprint density at radius 1 is 1.44 bits per heavy atom. The normalized spacial score (nSPS) is 24.9. The van der Waals surface area contributed by atoms with Crippen molar-refractivity contribution in [1.29, 1.82) is 0 Å². The van der Waals surface area contributed by atoms with Gasteiger partial charge >= 0.3 is 0 Å². The molecule has 0 bridgehead atoms. The van der Waals surface area contributed by atoms with E-state index in [0.717, 1.165) is 12.5 Å². The van der Waals surface area contributed by atoms with Gasteiger partial charge in [-0.1, -0.05) is 24.6 Å². The van der Waals surface area contributed by atoms with Gasteiger partial charge in [0.1, 0.15) is 0 Å². The summed E-state index contributed by atoms with van der Waals surface area (Å²) in [4.78, 5) is 0. The molecule has 2 nitrogen and oxygen atoms in total. The lowest BCUT2D eigenvalue weighted by molar-refractivity contribution is 0.502. The molecule has 0 spiro atoms. The molecule has 0 radical (unpaired) electrons. The Labute approximate surface area is 102 Å². The van der Waals surface area contributed by atoms with E-state index in [1.165, 1.54) is 24.8 Å². The first kappa shape index (κ1) is 11.7. The molecule has 2 atom stereocenters. The summed E-state index contributed by atoms with van der Waals surface area (Å²) in [6, 6.07) is 6.52. The number of hydrogen-bond donors (Lipinski definition) is 2. The van der Waals surface area contributed by atoms with E-state index in [1.807, 2.05) is 18.2 Å². The van der Waals surface area contributed by atoms with Crippen molar-refractivity contribution in [2.24, 2.45) is 5.92 Å². The largest absolute Gasteiger partial charge is 0.398 e. The van der Waals surface area contributed by atoms with Crippen molar-refractivity contribution in [1.82, 2.24) is 5.32 Å². The number of rotatable bonds is 3. The van der Waals surface area contributed by atoms with Gasteiger partial charge in [-0.05, 0) is 42.9 Å². The van der Waals surface area contributed by atoms with Crippen molar-refractivity contribution in [3.63, 3.8) is 0 Å². The van der Waals surface area contributed by atoms with Crippen LogP contribution in [0.15, 0.2) is 18.2 Å². The molecule has 3 N–H and O–H groups in total. The van der Waals surface area contributed by atoms with E-state index >= 15 is 0 Å². The van der Waals surface area contributed by atoms with Gasteiger partial charge in [-0.2, -0.15) is 0 Å². The second-order valence-electron chi connectivity index (χ2n) is 4.85. The monoisotopic (exact) mass is 238 g/mol. The van der Waals surface area contributed by atoms with Gasteiger partial charge in [0.15, 0.2) is 0 Å². The lowest BCUT2D eigenvalue weighted by atomic mass is 10.1. The lowest BCUT2D eigenvalue weighted by Gasteiger charge is -2.12. The van der Waals surface area contributed by atoms with Gasteiger partial charge < -0.3 is 11.1 Å². The summed E-state index contributed by atoms with van der Waals surface area (Å²) in [5.41, 5.74) is 7.64. The van der Waals surface area contributed by atoms with E-state index in [2.05, 4.69) is 12.2 Å². The third-order valence-electron chi connectivity index (χ3n) is 3.35. The molecule has 0 heterocycles. The molecule has 2 rings (SSSR count). The number of hydrogen-bond acceptors (Lipinski definition) is 2. The van der Waals surface area contributed by atoms with Crippen LogP contribution in [0.2, 0.25) is 5.02 Å². The topological polar surface area (TPSA) is 38.0 Å². The average molecular weight is 239 g/mol. The molecule has 0 aromatic heterocycles. The molecule has 1 fully saturated rings. The van der Waals surface area contributed by atoms with Gasteiger partial charge in [-0.15, -0.1) is 0 Å². The Hall–Kier alpha value is -0.730. The van der Waals surface area contributed by atoms with Crippen LogP contribution in [-0.2, 0) is 6.54 Å². The fourth-order valence-electron chi connectivity index (χ4n) is 2.36. The number of nitrogens with one attached hydrogen (secondary N) is 1. The molecule has 1 saturated carbocycles. The van der Waals surface area contributed by atoms with Crippen molar-refractivity contribution in [2.75, 3.05) is 5.73 Å². The van der Waals surface area contributed by atoms with Crippen molar-refractivity contribution in [3.8, 4) is 0 Å². The van der Waals surface area contributed by atoms with E-state index in [0.29, 0.717) is 16.8 Å². The van der Waals surface area contributed by atoms with Crippen LogP contribution < -0.4 is 11.1 Å². The van der Waals surface area contributed by atoms with E-state index in [4.69, 9.17) is 17.3 Å². The van der Waals surface area contributed by atoms with E-state index in [9.17, 15) is 0 Å². The van der Waals surface area contributed by atoms with E-state index < -0.39 is 0 Å². The van der Waals surface area contributed by atoms with Gasteiger partial charge in [0.2, 0.25) is 0 Å². The summed E-state index contributed by atoms with van der Waals surface area (Å²) in [5, 5.41) is 4.21. The van der Waals surface area contributed by atoms with E-state index in [1.54, 1.807) is 0 Å². The molecule has 3 heteroatoms. The maximum atomic E-state index is 5.88. The molecule has 16 heavy (non-hydrogen) atoms. The first-order valence-electron chi connectivity index (χ1n) is 5.92. The van der Waals surface area contributed by atoms with Crippen molar-refractivity contribution in [3.05, 3.63) is 28.8 Å². The number of halogens is 1. The molecule has 1 aliphatic rings. The molecule has 88 valence electrons. The van der Waals surface area contributed by atoms with Crippen LogP contribution in [0.4, 0.5) is 5.69 Å². The van der Waals surface area contributed by atoms with Crippen LogP contribution >= 0.6 is 11.6 Å². The van der Waals surface area contributed by atoms with Crippen molar-refractivity contribution >= 4 is 17.3 Å². The summed E-state index contributed by atoms with van der Waals surface area (Å²) in [6.07, 6.45) is 3.94. The molecule has 1 aromatic rings. The maximum Gasteiger partial charge on any atom is 0.0635 e. The smallest absolute Gasteiger partial charge is 0.0635 e. The van der Waals surface area contributed by atoms with Gasteiger partial charge in [-0.25, -0.2) is 0 Å². The minimum absolute atomic E-state index is 0.637. The van der Waals surface area contributed by atoms with Crippen LogP contribution in [0.3, 0.4) is 0 Å². The third-order valence-corrected chi connectivity index (χ3v) is 3.69. The summed E-state index contributed by atoms with van der Waals surface area (Å²) in [7, 11) is 0. The Kier molecular flexibility index (Phi) is 3.72. The number of benzene rings is 1. The quantitative estimate of drug-likeness (QED) is 0.794. The molecular formula is C13H19ClN2. The third kappa shape index (κ3) is 2.89. The Morgan fingerprint density at radius 2 is 2.25 bits per heavy atom. The number of nitrogen functional groups attached to an aromatic ring is 1. The average Bonchev–Trinajstić information content (AvgIpc) is 2.66. The number of anilines is 1. The Morgan fingerprint density at radius 3 is 2.88 bits per heavy atom. The SMILES string of the molecule is CC1CCC(NCc2ccc(Cl)c(N)c2)C1. The lowest BCUT2D eigenvalue weighted by Crippen LogP contribution is -2.25. The molecule has 0 amide bonds. The molecule has 0 saturated heterocycles. The molecule has 0 aliphatic heterocycles. The second kappa shape index (κ2) is 5.07. The van der Waals surface area contributed by atoms with Crippen LogP contribution in [0.25, 0.3) is 0 Å². The Balaban J connectivity index is 1.87. The second-order valence-corrected chi connectivity index (χ2v) is 5.26. The minimum atomic E-state index is 0.637. The van der Waals surface area contributed by atoms with Crippen LogP contribution in [0, 0.1) is 5.92 Å². The van der Waals surface area contributed by atoms with Gasteiger partial charge in [0.05, 0.1) is 10.7 Å². The molecular weight excluding hydrogens is 220 g/mol. The zero-order valence-corrected chi connectivity index (χ0v) is 10.4. The zero-order valence-electron chi connectivity index (χ0n) is 9.67. The predicted octanol–water partition coefficient (Wildman–Crippen LogP) is 3.20. The summed E-state index contributed by atoms with van der Waals surface area (Å²) < 4.78 is 0. The fourth-order valence-corrected chi connectivity index (χ4v) is 2.48. The van der Waals surface area contributed by atoms with E-state index in [-0.39, 0.29) is 0 Å². The molecule has 2 unspecified atom stereocenters. The summed E-state index contributed by atoms with van der Waals surface area (Å²) in [6.45, 7) is 3.21. The van der Waals surface area contributed by atoms with Gasteiger partial charge in [-0.3, -0.25) is 0 Å². The molecule has 1 aromatic carbocycles. The number of nitrogens with two attached hydrogens (primary N) is 1. The molecule has 1 aliphatic carbocycles. The van der Waals surface area contributed by atoms with Crippen LogP contribution in [-0.4, -0.2) is 6.04 Å². The zero-order chi connectivity index (χ0) is 11.5. The van der Waals surface area contributed by atoms with Gasteiger partial charge in [0.25, 0.3) is 0 Å². The Bertz CT molecular complexity index is 365. The van der Waals surface area contributed by atoms with Crippen molar-refractivity contribution in [2.45, 2.75) is 38.8 Å². The standard InChI is InChI=1S/C13H19ClN2/c1-9-2-4-11(6-9)16-8-10-3-5-12(14)13(15)7-10/h3,5,7,9,11,16H,2,4,6,8,15H2,1H3. The maximum absolute atomic E-state index is 5.88. The predicted molar refractivity (Wildman–Crippen MR) is 69.5 cm³/mol. The van der Waals surface area contributed by atoms with Crippen LogP contribution in [0.5, 0.6) is 0 Å². The van der Waals surface area contributed by atoms with Crippen molar-refractivity contribution < 1.29 is 0 Å². The minimum Gasteiger partial charge on any atom is -0.398 e. The summed E-state index contributed by atoms with van der Waals surface area (Å²) >= 11 is 5.88. The first-order valence-corrected chi connectivity index (χ1v) is 6.30. The van der Waals surface area contributed by atoms with Gasteiger partial charge in [0, 0.05) is 12.6 Å². The highest BCUT2D eigenvalue weighted by molar-refractivity contribution is 6.33. The highest BCUT2D eigenvalue weighted by Gasteiger charge is 2.20. The fraction of sp³-hybridized carbons (Fsp3) is 0.538. The highest BCUT2D eigenvalue weighted by atomic mass is 35.5. The van der Waals surface area contributed by atoms with Crippen LogP contribution in [0.1, 0.15) is 31.7 Å². The summed E-state index contributed by atoms with van der Waals surface area (Å²) in [5.74, 6) is 0.868. The highest BCUT2D eigenvalue weighted by Crippen LogP contribution is 2.25.